The van der Waals surface area contributed by atoms with Crippen molar-refractivity contribution in [1.82, 2.24) is 9.88 Å². The van der Waals surface area contributed by atoms with Gasteiger partial charge in [0.1, 0.15) is 11.5 Å². The highest BCUT2D eigenvalue weighted by Crippen LogP contribution is 2.19. The van der Waals surface area contributed by atoms with Crippen LogP contribution in [0.25, 0.3) is 0 Å². The molecule has 2 rings (SSSR count). The number of hydrogen-bond acceptors (Lipinski definition) is 3. The van der Waals surface area contributed by atoms with Gasteiger partial charge in [-0.1, -0.05) is 11.6 Å². The van der Waals surface area contributed by atoms with Gasteiger partial charge in [-0.25, -0.2) is 4.98 Å². The van der Waals surface area contributed by atoms with E-state index in [0.717, 1.165) is 25.9 Å². The minimum atomic E-state index is -0.121. The van der Waals surface area contributed by atoms with Crippen LogP contribution in [0.3, 0.4) is 0 Å². The van der Waals surface area contributed by atoms with Crippen molar-refractivity contribution in [3.05, 3.63) is 22.8 Å². The van der Waals surface area contributed by atoms with Crippen molar-refractivity contribution >= 4 is 23.3 Å². The summed E-state index contributed by atoms with van der Waals surface area (Å²) in [5, 5.41) is 0.362. The van der Waals surface area contributed by atoms with E-state index in [4.69, 9.17) is 17.3 Å². The smallest absolute Gasteiger partial charge is 0.274 e. The van der Waals surface area contributed by atoms with E-state index in [1.807, 2.05) is 0 Å². The lowest BCUT2D eigenvalue weighted by Gasteiger charge is -2.15. The molecule has 1 saturated heterocycles. The summed E-state index contributed by atoms with van der Waals surface area (Å²) in [7, 11) is 0. The van der Waals surface area contributed by atoms with Crippen molar-refractivity contribution in [1.29, 1.82) is 0 Å². The Morgan fingerprint density at radius 2 is 2.07 bits per heavy atom. The molecule has 0 atom stereocenters. The maximum absolute atomic E-state index is 11.9. The van der Waals surface area contributed by atoms with Crippen LogP contribution in [-0.4, -0.2) is 28.9 Å². The van der Waals surface area contributed by atoms with Gasteiger partial charge in [0.15, 0.2) is 0 Å². The van der Waals surface area contributed by atoms with Crippen LogP contribution in [0, 0.1) is 0 Å². The zero-order chi connectivity index (χ0) is 10.8. The van der Waals surface area contributed by atoms with E-state index in [0.29, 0.717) is 10.8 Å². The summed E-state index contributed by atoms with van der Waals surface area (Å²) in [6, 6.07) is 3.19. The predicted molar refractivity (Wildman–Crippen MR) is 58.8 cm³/mol. The van der Waals surface area contributed by atoms with Gasteiger partial charge in [-0.05, 0) is 25.0 Å². The summed E-state index contributed by atoms with van der Waals surface area (Å²) in [5.74, 6) is 0.201. The average Bonchev–Trinajstić information content (AvgIpc) is 2.74. The highest BCUT2D eigenvalue weighted by atomic mass is 35.5. The Hall–Kier alpha value is -1.29. The zero-order valence-electron chi connectivity index (χ0n) is 8.24. The molecule has 0 radical (unpaired) electrons. The number of nitrogens with zero attached hydrogens (tertiary/aromatic N) is 2. The van der Waals surface area contributed by atoms with Gasteiger partial charge in [0.25, 0.3) is 5.91 Å². The molecule has 0 saturated carbocycles. The summed E-state index contributed by atoms with van der Waals surface area (Å²) >= 11 is 5.90. The fourth-order valence-electron chi connectivity index (χ4n) is 1.68. The Balaban J connectivity index is 2.27. The summed E-state index contributed by atoms with van der Waals surface area (Å²) < 4.78 is 0. The number of hydrogen-bond donors (Lipinski definition) is 1. The lowest BCUT2D eigenvalue weighted by Crippen LogP contribution is -2.28. The third-order valence-electron chi connectivity index (χ3n) is 2.46. The highest BCUT2D eigenvalue weighted by molar-refractivity contribution is 6.33. The number of carbonyl (C=O) groups is 1. The number of nitrogen functional groups attached to an aromatic ring is 1. The van der Waals surface area contributed by atoms with E-state index in [9.17, 15) is 4.79 Å². The third-order valence-corrected chi connectivity index (χ3v) is 2.77. The first-order valence-corrected chi connectivity index (χ1v) is 5.27. The molecule has 0 aliphatic carbocycles. The molecule has 15 heavy (non-hydrogen) atoms. The minimum Gasteiger partial charge on any atom is -0.384 e. The molecule has 1 aliphatic rings. The van der Waals surface area contributed by atoms with Crippen LogP contribution in [0.5, 0.6) is 0 Å². The topological polar surface area (TPSA) is 59.2 Å². The number of pyridine rings is 1. The number of likely N-dealkylation sites (tertiary alicyclic amines) is 1. The molecule has 1 aromatic heterocycles. The molecule has 1 amide bonds. The van der Waals surface area contributed by atoms with Gasteiger partial charge in [0.05, 0.1) is 5.02 Å². The second kappa shape index (κ2) is 4.06. The number of rotatable bonds is 1. The number of halogens is 1. The van der Waals surface area contributed by atoms with Gasteiger partial charge in [-0.3, -0.25) is 4.79 Å². The maximum Gasteiger partial charge on any atom is 0.274 e. The molecule has 0 spiro atoms. The van der Waals surface area contributed by atoms with Crippen molar-refractivity contribution in [3.8, 4) is 0 Å². The largest absolute Gasteiger partial charge is 0.384 e. The summed E-state index contributed by atoms with van der Waals surface area (Å²) in [6.45, 7) is 1.57. The predicted octanol–water partition coefficient (Wildman–Crippen LogP) is 1.55. The van der Waals surface area contributed by atoms with Crippen LogP contribution < -0.4 is 5.73 Å². The van der Waals surface area contributed by atoms with E-state index < -0.39 is 0 Å². The second-order valence-electron chi connectivity index (χ2n) is 3.57. The molecule has 0 unspecified atom stereocenters. The summed E-state index contributed by atoms with van der Waals surface area (Å²) in [4.78, 5) is 17.7. The van der Waals surface area contributed by atoms with Crippen LogP contribution >= 0.6 is 11.6 Å². The first kappa shape index (κ1) is 10.2. The molecule has 80 valence electrons. The number of anilines is 1. The van der Waals surface area contributed by atoms with Crippen LogP contribution in [0.4, 0.5) is 5.82 Å². The molecule has 1 aliphatic heterocycles. The number of aromatic nitrogens is 1. The lowest BCUT2D eigenvalue weighted by molar-refractivity contribution is 0.0787. The van der Waals surface area contributed by atoms with Crippen LogP contribution in [0.2, 0.25) is 5.02 Å². The van der Waals surface area contributed by atoms with Gasteiger partial charge >= 0.3 is 0 Å². The minimum absolute atomic E-state index is 0.121. The van der Waals surface area contributed by atoms with Crippen molar-refractivity contribution < 1.29 is 4.79 Å². The van der Waals surface area contributed by atoms with Crippen molar-refractivity contribution in [2.45, 2.75) is 12.8 Å². The molecule has 2 heterocycles. The Morgan fingerprint density at radius 3 is 2.73 bits per heavy atom. The van der Waals surface area contributed by atoms with E-state index in [1.165, 1.54) is 0 Å². The first-order valence-electron chi connectivity index (χ1n) is 4.90. The van der Waals surface area contributed by atoms with E-state index in [2.05, 4.69) is 4.98 Å². The number of nitrogens with two attached hydrogens (primary N) is 1. The standard InChI is InChI=1S/C10H12ClN3O/c11-7-3-4-8(12)13-9(7)10(15)14-5-1-2-6-14/h3-4H,1-2,5-6H2,(H2,12,13). The Bertz CT molecular complexity index is 388. The van der Waals surface area contributed by atoms with Crippen LogP contribution in [0.1, 0.15) is 23.3 Å². The number of carbonyl (C=O) groups excluding carboxylic acids is 1. The molecule has 5 heteroatoms. The Labute approximate surface area is 93.0 Å². The van der Waals surface area contributed by atoms with E-state index in [-0.39, 0.29) is 11.6 Å². The fraction of sp³-hybridized carbons (Fsp3) is 0.400. The first-order chi connectivity index (χ1) is 7.18. The van der Waals surface area contributed by atoms with Crippen molar-refractivity contribution in [2.24, 2.45) is 0 Å². The Kier molecular flexibility index (Phi) is 2.77. The molecular formula is C10H12ClN3O. The molecule has 1 fully saturated rings. The van der Waals surface area contributed by atoms with Crippen LogP contribution in [-0.2, 0) is 0 Å². The fourth-order valence-corrected chi connectivity index (χ4v) is 1.86. The third kappa shape index (κ3) is 2.04. The molecule has 0 aromatic carbocycles. The maximum atomic E-state index is 11.9. The molecule has 4 nitrogen and oxygen atoms in total. The molecule has 1 aromatic rings. The quantitative estimate of drug-likeness (QED) is 0.789. The molecular weight excluding hydrogens is 214 g/mol. The molecule has 2 N–H and O–H groups in total. The zero-order valence-corrected chi connectivity index (χ0v) is 9.00. The molecule has 0 bridgehead atoms. The van der Waals surface area contributed by atoms with Gasteiger partial charge in [-0.2, -0.15) is 0 Å². The summed E-state index contributed by atoms with van der Waals surface area (Å²) in [5.41, 5.74) is 5.79. The van der Waals surface area contributed by atoms with Crippen molar-refractivity contribution in [2.75, 3.05) is 18.8 Å². The van der Waals surface area contributed by atoms with Crippen molar-refractivity contribution in [3.63, 3.8) is 0 Å². The summed E-state index contributed by atoms with van der Waals surface area (Å²) in [6.07, 6.45) is 2.09. The van der Waals surface area contributed by atoms with Gasteiger partial charge in [0.2, 0.25) is 0 Å². The number of amides is 1. The Morgan fingerprint density at radius 1 is 1.40 bits per heavy atom. The van der Waals surface area contributed by atoms with Gasteiger partial charge < -0.3 is 10.6 Å². The van der Waals surface area contributed by atoms with E-state index >= 15 is 0 Å². The lowest BCUT2D eigenvalue weighted by atomic mass is 10.3. The van der Waals surface area contributed by atoms with Gasteiger partial charge in [0, 0.05) is 13.1 Å². The second-order valence-corrected chi connectivity index (χ2v) is 3.97. The van der Waals surface area contributed by atoms with Gasteiger partial charge in [-0.15, -0.1) is 0 Å². The normalized spacial score (nSPS) is 15.7. The highest BCUT2D eigenvalue weighted by Gasteiger charge is 2.22. The SMILES string of the molecule is Nc1ccc(Cl)c(C(=O)N2CCCC2)n1. The van der Waals surface area contributed by atoms with Crippen LogP contribution in [0.15, 0.2) is 12.1 Å². The average molecular weight is 226 g/mol. The van der Waals surface area contributed by atoms with E-state index in [1.54, 1.807) is 17.0 Å². The monoisotopic (exact) mass is 225 g/mol.